The quantitative estimate of drug-likeness (QED) is 0.453. The molecule has 1 N–H and O–H groups in total. The van der Waals surface area contributed by atoms with Gasteiger partial charge in [0.25, 0.3) is 0 Å². The third kappa shape index (κ3) is 7.74. The standard InChI is InChI=1S/C17H28NO2.Al/c1-5-9-14(15-11-8-13-18-15)10-6-7-12-16(19)20-17(2,3)4;/h8,11,14,18H,5-7,9-10,12H2,1-4H3;. The molecule has 0 fully saturated rings. The van der Waals surface area contributed by atoms with Crippen molar-refractivity contribution in [2.75, 3.05) is 0 Å². The van der Waals surface area contributed by atoms with Gasteiger partial charge in [-0.15, -0.1) is 0 Å². The van der Waals surface area contributed by atoms with Crippen molar-refractivity contribution in [2.24, 2.45) is 0 Å². The van der Waals surface area contributed by atoms with E-state index in [0.29, 0.717) is 12.3 Å². The lowest BCUT2D eigenvalue weighted by Gasteiger charge is -2.19. The number of unbranched alkanes of at least 4 members (excludes halogenated alkanes) is 1. The van der Waals surface area contributed by atoms with Crippen molar-refractivity contribution in [1.29, 1.82) is 0 Å². The fourth-order valence-corrected chi connectivity index (χ4v) is 2.79. The van der Waals surface area contributed by atoms with E-state index in [0.717, 1.165) is 23.8 Å². The van der Waals surface area contributed by atoms with Gasteiger partial charge in [-0.3, -0.25) is 4.79 Å². The molecule has 0 saturated carbocycles. The monoisotopic (exact) mass is 305 g/mol. The summed E-state index contributed by atoms with van der Waals surface area (Å²) in [6.07, 6.45) is 5.99. The van der Waals surface area contributed by atoms with Crippen LogP contribution in [0.4, 0.5) is 0 Å². The number of nitrogens with one attached hydrogen (secondary N) is 1. The Bertz CT molecular complexity index is 434. The predicted octanol–water partition coefficient (Wildman–Crippen LogP) is 3.59. The van der Waals surface area contributed by atoms with Gasteiger partial charge < -0.3 is 9.72 Å². The van der Waals surface area contributed by atoms with E-state index in [-0.39, 0.29) is 11.6 Å². The highest BCUT2D eigenvalue weighted by Crippen LogP contribution is 2.25. The smallest absolute Gasteiger partial charge is 0.306 e. The molecule has 4 heteroatoms. The van der Waals surface area contributed by atoms with Crippen molar-refractivity contribution in [1.82, 2.24) is 4.98 Å². The Balaban J connectivity index is 2.33. The first-order chi connectivity index (χ1) is 9.81. The molecule has 1 atom stereocenters. The lowest BCUT2D eigenvalue weighted by atomic mass is 9.93. The van der Waals surface area contributed by atoms with Crippen LogP contribution < -0.4 is 4.56 Å². The lowest BCUT2D eigenvalue weighted by molar-refractivity contribution is -0.154. The van der Waals surface area contributed by atoms with Gasteiger partial charge in [-0.2, -0.15) is 0 Å². The van der Waals surface area contributed by atoms with Crippen LogP contribution in [-0.4, -0.2) is 32.8 Å². The van der Waals surface area contributed by atoms with Crippen molar-refractivity contribution in [3.63, 3.8) is 0 Å². The fraction of sp³-hybridized carbons (Fsp3) is 0.706. The summed E-state index contributed by atoms with van der Waals surface area (Å²) in [5.41, 5.74) is 0.945. The van der Waals surface area contributed by atoms with E-state index in [1.54, 1.807) is 0 Å². The Morgan fingerprint density at radius 2 is 2.00 bits per heavy atom. The molecule has 1 aromatic rings. The molecule has 0 bridgehead atoms. The van der Waals surface area contributed by atoms with Gasteiger partial charge in [0.1, 0.15) is 5.60 Å². The second-order valence-corrected chi connectivity index (χ2v) is 7.31. The van der Waals surface area contributed by atoms with Crippen LogP contribution in [0.3, 0.4) is 0 Å². The minimum Gasteiger partial charge on any atom is -0.460 e. The molecule has 3 nitrogen and oxygen atoms in total. The molecule has 0 aliphatic carbocycles. The first kappa shape index (κ1) is 18.3. The van der Waals surface area contributed by atoms with Crippen LogP contribution in [-0.2, 0) is 9.53 Å². The SMILES string of the molecule is CCCC(CCCCC(=O)OC(C)(C)C)c1cc[c]([Al])[nH]1. The van der Waals surface area contributed by atoms with Crippen molar-refractivity contribution in [3.05, 3.63) is 17.8 Å². The number of rotatable bonds is 8. The average molecular weight is 305 g/mol. The number of aromatic amines is 1. The first-order valence-corrected chi connectivity index (χ1v) is 8.55. The van der Waals surface area contributed by atoms with E-state index < -0.39 is 0 Å². The topological polar surface area (TPSA) is 42.1 Å². The molecule has 1 unspecified atom stereocenters. The van der Waals surface area contributed by atoms with Gasteiger partial charge in [0.15, 0.2) is 0 Å². The normalized spacial score (nSPS) is 13.1. The highest BCUT2D eigenvalue weighted by molar-refractivity contribution is 6.30. The molecule has 2 radical (unpaired) electrons. The minimum atomic E-state index is -0.374. The van der Waals surface area contributed by atoms with Crippen molar-refractivity contribution in [3.8, 4) is 0 Å². The molecule has 21 heavy (non-hydrogen) atoms. The number of hydrogen-bond donors (Lipinski definition) is 1. The number of hydrogen-bond acceptors (Lipinski definition) is 2. The highest BCUT2D eigenvalue weighted by Gasteiger charge is 2.16. The molecule has 1 rings (SSSR count). The minimum absolute atomic E-state index is 0.0818. The summed E-state index contributed by atoms with van der Waals surface area (Å²) in [4.78, 5) is 15.1. The zero-order valence-electron chi connectivity index (χ0n) is 13.9. The van der Waals surface area contributed by atoms with Crippen LogP contribution in [0.15, 0.2) is 12.1 Å². The predicted molar refractivity (Wildman–Crippen MR) is 88.1 cm³/mol. The summed E-state index contributed by atoms with van der Waals surface area (Å²) in [5, 5.41) is 0. The van der Waals surface area contributed by atoms with E-state index >= 15 is 0 Å². The number of esters is 1. The molecular weight excluding hydrogens is 277 g/mol. The summed E-state index contributed by atoms with van der Waals surface area (Å²) >= 11 is 2.70. The van der Waals surface area contributed by atoms with Crippen LogP contribution >= 0.6 is 0 Å². The Hall–Kier alpha value is -0.718. The van der Waals surface area contributed by atoms with Crippen LogP contribution in [0, 0.1) is 0 Å². The van der Waals surface area contributed by atoms with Gasteiger partial charge in [-0.25, -0.2) is 0 Å². The van der Waals surface area contributed by atoms with Gasteiger partial charge in [-0.1, -0.05) is 30.4 Å². The van der Waals surface area contributed by atoms with Gasteiger partial charge in [-0.05, 0) is 52.0 Å². The van der Waals surface area contributed by atoms with E-state index in [1.807, 2.05) is 20.8 Å². The number of ether oxygens (including phenoxy) is 1. The van der Waals surface area contributed by atoms with Crippen LogP contribution in [0.5, 0.6) is 0 Å². The van der Waals surface area contributed by atoms with Crippen LogP contribution in [0.25, 0.3) is 0 Å². The molecule has 116 valence electrons. The lowest BCUT2D eigenvalue weighted by Crippen LogP contribution is -2.23. The molecule has 0 spiro atoms. The second kappa shape index (κ2) is 8.66. The summed E-state index contributed by atoms with van der Waals surface area (Å²) in [6.45, 7) is 7.95. The maximum absolute atomic E-state index is 11.7. The van der Waals surface area contributed by atoms with Crippen molar-refractivity contribution < 1.29 is 9.53 Å². The summed E-state index contributed by atoms with van der Waals surface area (Å²) < 4.78 is 6.47. The number of H-pyrrole nitrogens is 1. The molecule has 1 aromatic heterocycles. The third-order valence-corrected chi connectivity index (χ3v) is 3.75. The Kier molecular flexibility index (Phi) is 7.56. The molecule has 0 aromatic carbocycles. The Labute approximate surface area is 137 Å². The maximum Gasteiger partial charge on any atom is 0.306 e. The molecular formula is C17H28AlNO2. The van der Waals surface area contributed by atoms with Gasteiger partial charge >= 0.3 is 5.97 Å². The third-order valence-electron chi connectivity index (χ3n) is 3.41. The Morgan fingerprint density at radius 1 is 1.29 bits per heavy atom. The highest BCUT2D eigenvalue weighted by atomic mass is 27.0. The number of carbonyl (C=O) groups is 1. The van der Waals surface area contributed by atoms with E-state index in [4.69, 9.17) is 4.74 Å². The largest absolute Gasteiger partial charge is 0.460 e. The summed E-state index contributed by atoms with van der Waals surface area (Å²) in [6, 6.07) is 4.28. The molecule has 0 saturated heterocycles. The molecule has 0 amide bonds. The average Bonchev–Trinajstić information content (AvgIpc) is 2.77. The second-order valence-electron chi connectivity index (χ2n) is 6.69. The zero-order chi connectivity index (χ0) is 15.9. The van der Waals surface area contributed by atoms with Crippen LogP contribution in [0.2, 0.25) is 0 Å². The molecule has 0 aliphatic heterocycles. The fourth-order valence-electron chi connectivity index (χ4n) is 2.52. The van der Waals surface area contributed by atoms with Gasteiger partial charge in [0.2, 0.25) is 16.3 Å². The first-order valence-electron chi connectivity index (χ1n) is 7.98. The zero-order valence-corrected chi connectivity index (χ0v) is 15.0. The summed E-state index contributed by atoms with van der Waals surface area (Å²) in [7, 11) is 0. The number of carbonyl (C=O) groups excluding carboxylic acids is 1. The number of aromatic nitrogens is 1. The molecule has 0 aliphatic rings. The van der Waals surface area contributed by atoms with E-state index in [1.165, 1.54) is 18.5 Å². The van der Waals surface area contributed by atoms with Crippen LogP contribution in [0.1, 0.15) is 77.8 Å². The van der Waals surface area contributed by atoms with E-state index in [2.05, 4.69) is 40.3 Å². The van der Waals surface area contributed by atoms with Crippen molar-refractivity contribution >= 4 is 26.8 Å². The van der Waals surface area contributed by atoms with Crippen molar-refractivity contribution in [2.45, 2.75) is 77.7 Å². The maximum atomic E-state index is 11.7. The van der Waals surface area contributed by atoms with Gasteiger partial charge in [0, 0.05) is 12.1 Å². The summed E-state index contributed by atoms with van der Waals surface area (Å²) in [5.74, 6) is 0.490. The Morgan fingerprint density at radius 3 is 2.52 bits per heavy atom. The van der Waals surface area contributed by atoms with Gasteiger partial charge in [0.05, 0.1) is 0 Å². The molecule has 1 heterocycles. The van der Waals surface area contributed by atoms with E-state index in [9.17, 15) is 4.79 Å².